The Kier molecular flexibility index (Phi) is 1.19. The lowest BCUT2D eigenvalue weighted by molar-refractivity contribution is -0.0661. The molecule has 0 radical (unpaired) electrons. The van der Waals surface area contributed by atoms with E-state index in [0.29, 0.717) is 6.54 Å². The monoisotopic (exact) mass is 232 g/mol. The van der Waals surface area contributed by atoms with Gasteiger partial charge in [0, 0.05) is 6.07 Å². The van der Waals surface area contributed by atoms with Crippen LogP contribution in [0.5, 0.6) is 0 Å². The molecule has 3 aliphatic heterocycles. The van der Waals surface area contributed by atoms with E-state index < -0.39 is 0 Å². The summed E-state index contributed by atoms with van der Waals surface area (Å²) in [5.74, 6) is 0. The van der Waals surface area contributed by atoms with E-state index in [0.717, 1.165) is 11.2 Å². The molecule has 5 rings (SSSR count). The minimum absolute atomic E-state index is 0.0193. The number of nitrogens with zero attached hydrogens (tertiary/aromatic N) is 4. The standard InChI is InChI=1S/C10H8N4O3/c15-6-2-1-4-9-13(12-11-4)3-5-7-8(17-7)10(16-5)14(6)9/h1-2,5,7-8,10H,3H2/t5-,7?,8?,10-/m1/s1. The van der Waals surface area contributed by atoms with E-state index in [9.17, 15) is 4.79 Å². The van der Waals surface area contributed by atoms with E-state index in [1.54, 1.807) is 15.3 Å². The van der Waals surface area contributed by atoms with Crippen molar-refractivity contribution in [2.75, 3.05) is 0 Å². The van der Waals surface area contributed by atoms with Crippen LogP contribution in [0, 0.1) is 0 Å². The number of fused-ring (bicyclic) bond motifs is 6. The third-order valence-corrected chi connectivity index (χ3v) is 3.71. The summed E-state index contributed by atoms with van der Waals surface area (Å²) < 4.78 is 14.7. The largest absolute Gasteiger partial charge is 0.362 e. The molecule has 5 heterocycles. The van der Waals surface area contributed by atoms with Gasteiger partial charge in [0.05, 0.1) is 6.54 Å². The molecule has 86 valence electrons. The summed E-state index contributed by atoms with van der Waals surface area (Å²) in [5.41, 5.74) is 1.36. The van der Waals surface area contributed by atoms with E-state index >= 15 is 0 Å². The van der Waals surface area contributed by atoms with Crippen LogP contribution in [-0.4, -0.2) is 37.9 Å². The molecule has 7 heteroatoms. The highest BCUT2D eigenvalue weighted by Gasteiger charge is 2.60. The summed E-state index contributed by atoms with van der Waals surface area (Å²) >= 11 is 0. The van der Waals surface area contributed by atoms with Crippen molar-refractivity contribution in [2.45, 2.75) is 31.1 Å². The molecule has 2 saturated heterocycles. The first-order chi connectivity index (χ1) is 8.33. The summed E-state index contributed by atoms with van der Waals surface area (Å²) in [4.78, 5) is 12.0. The van der Waals surface area contributed by atoms with Gasteiger partial charge in [-0.05, 0) is 6.07 Å². The van der Waals surface area contributed by atoms with Crippen molar-refractivity contribution in [3.63, 3.8) is 0 Å². The summed E-state index contributed by atoms with van der Waals surface area (Å²) in [5, 5.41) is 8.14. The van der Waals surface area contributed by atoms with Gasteiger partial charge in [-0.2, -0.15) is 0 Å². The number of hydrogen-bond acceptors (Lipinski definition) is 5. The van der Waals surface area contributed by atoms with Gasteiger partial charge >= 0.3 is 0 Å². The molecule has 3 aliphatic rings. The second kappa shape index (κ2) is 2.41. The molecule has 2 unspecified atom stereocenters. The molecule has 4 atom stereocenters. The highest BCUT2D eigenvalue weighted by Crippen LogP contribution is 2.46. The zero-order valence-corrected chi connectivity index (χ0v) is 8.68. The minimum Gasteiger partial charge on any atom is -0.362 e. The lowest BCUT2D eigenvalue weighted by Gasteiger charge is -2.15. The zero-order chi connectivity index (χ0) is 11.1. The molecule has 0 amide bonds. The van der Waals surface area contributed by atoms with E-state index in [1.165, 1.54) is 6.07 Å². The molecular weight excluding hydrogens is 224 g/mol. The maximum atomic E-state index is 12.0. The van der Waals surface area contributed by atoms with Gasteiger partial charge < -0.3 is 9.47 Å². The number of hydrogen-bond donors (Lipinski definition) is 0. The SMILES string of the molecule is O=c1ccc2nnn3c2n1[C@@H]1O[C@H](C3)C2OC21. The van der Waals surface area contributed by atoms with Crippen LogP contribution in [0.3, 0.4) is 0 Å². The molecule has 0 spiro atoms. The van der Waals surface area contributed by atoms with Gasteiger partial charge in [0.15, 0.2) is 11.9 Å². The van der Waals surface area contributed by atoms with Gasteiger partial charge in [-0.3, -0.25) is 9.36 Å². The topological polar surface area (TPSA) is 74.5 Å². The highest BCUT2D eigenvalue weighted by molar-refractivity contribution is 5.70. The van der Waals surface area contributed by atoms with Crippen LogP contribution in [-0.2, 0) is 16.0 Å². The van der Waals surface area contributed by atoms with Crippen LogP contribution in [0.2, 0.25) is 0 Å². The Balaban J connectivity index is 1.95. The van der Waals surface area contributed by atoms with Crippen molar-refractivity contribution in [2.24, 2.45) is 0 Å². The fourth-order valence-corrected chi connectivity index (χ4v) is 2.90. The fourth-order valence-electron chi connectivity index (χ4n) is 2.90. The number of aromatic nitrogens is 4. The van der Waals surface area contributed by atoms with Crippen molar-refractivity contribution in [3.05, 3.63) is 22.5 Å². The number of pyridine rings is 1. The lowest BCUT2D eigenvalue weighted by Crippen LogP contribution is -2.27. The van der Waals surface area contributed by atoms with Crippen molar-refractivity contribution >= 4 is 11.2 Å². The molecule has 2 aromatic rings. The van der Waals surface area contributed by atoms with Crippen LogP contribution in [0.25, 0.3) is 11.2 Å². The molecule has 0 N–H and O–H groups in total. The molecule has 0 saturated carbocycles. The van der Waals surface area contributed by atoms with Crippen molar-refractivity contribution in [1.82, 2.24) is 19.6 Å². The van der Waals surface area contributed by atoms with E-state index in [-0.39, 0.29) is 30.1 Å². The number of epoxide rings is 1. The predicted octanol–water partition coefficient (Wildman–Crippen LogP) is -0.729. The zero-order valence-electron chi connectivity index (χ0n) is 8.68. The predicted molar refractivity (Wildman–Crippen MR) is 54.4 cm³/mol. The lowest BCUT2D eigenvalue weighted by atomic mass is 10.2. The van der Waals surface area contributed by atoms with Gasteiger partial charge in [-0.1, -0.05) is 5.21 Å². The van der Waals surface area contributed by atoms with E-state index in [4.69, 9.17) is 9.47 Å². The Morgan fingerprint density at radius 3 is 3.18 bits per heavy atom. The summed E-state index contributed by atoms with van der Waals surface area (Å²) in [7, 11) is 0. The minimum atomic E-state index is -0.319. The average molecular weight is 232 g/mol. The van der Waals surface area contributed by atoms with Crippen molar-refractivity contribution in [3.8, 4) is 0 Å². The summed E-state index contributed by atoms with van der Waals surface area (Å²) in [6.45, 7) is 0.595. The molecule has 17 heavy (non-hydrogen) atoms. The first-order valence-electron chi connectivity index (χ1n) is 5.58. The molecular formula is C10H8N4O3. The van der Waals surface area contributed by atoms with E-state index in [2.05, 4.69) is 10.3 Å². The fraction of sp³-hybridized carbons (Fsp3) is 0.500. The van der Waals surface area contributed by atoms with Gasteiger partial charge in [0.1, 0.15) is 23.8 Å². The number of rotatable bonds is 0. The van der Waals surface area contributed by atoms with Gasteiger partial charge in [0.2, 0.25) is 0 Å². The Morgan fingerprint density at radius 1 is 1.29 bits per heavy atom. The van der Waals surface area contributed by atoms with Crippen LogP contribution in [0.1, 0.15) is 6.23 Å². The highest BCUT2D eigenvalue weighted by atomic mass is 16.7. The Bertz CT molecular complexity index is 705. The summed E-state index contributed by atoms with van der Waals surface area (Å²) in [6, 6.07) is 3.20. The summed E-state index contributed by atoms with van der Waals surface area (Å²) in [6.07, 6.45) is -0.207. The second-order valence-corrected chi connectivity index (χ2v) is 4.65. The van der Waals surface area contributed by atoms with Crippen LogP contribution < -0.4 is 5.56 Å². The Hall–Kier alpha value is -1.73. The normalized spacial score (nSPS) is 36.9. The van der Waals surface area contributed by atoms with Gasteiger partial charge in [0.25, 0.3) is 5.56 Å². The molecule has 2 aromatic heterocycles. The molecule has 2 fully saturated rings. The smallest absolute Gasteiger partial charge is 0.254 e. The second-order valence-electron chi connectivity index (χ2n) is 4.65. The third-order valence-electron chi connectivity index (χ3n) is 3.71. The Labute approximate surface area is 94.5 Å². The van der Waals surface area contributed by atoms with Crippen LogP contribution >= 0.6 is 0 Å². The maximum absolute atomic E-state index is 12.0. The maximum Gasteiger partial charge on any atom is 0.254 e. The van der Waals surface area contributed by atoms with Gasteiger partial charge in [-0.25, -0.2) is 4.68 Å². The quantitative estimate of drug-likeness (QED) is 0.560. The van der Waals surface area contributed by atoms with E-state index in [1.807, 2.05) is 0 Å². The molecule has 0 aromatic carbocycles. The molecule has 2 bridgehead atoms. The van der Waals surface area contributed by atoms with Crippen molar-refractivity contribution in [1.29, 1.82) is 0 Å². The average Bonchev–Trinajstić information content (AvgIpc) is 2.94. The Morgan fingerprint density at radius 2 is 2.24 bits per heavy atom. The molecule has 0 aliphatic carbocycles. The van der Waals surface area contributed by atoms with Gasteiger partial charge in [-0.15, -0.1) is 5.10 Å². The first kappa shape index (κ1) is 8.37. The van der Waals surface area contributed by atoms with Crippen LogP contribution in [0.15, 0.2) is 16.9 Å². The van der Waals surface area contributed by atoms with Crippen molar-refractivity contribution < 1.29 is 9.47 Å². The number of ether oxygens (including phenoxy) is 2. The molecule has 7 nitrogen and oxygen atoms in total. The third kappa shape index (κ3) is 0.850. The van der Waals surface area contributed by atoms with Crippen LogP contribution in [0.4, 0.5) is 0 Å². The first-order valence-corrected chi connectivity index (χ1v) is 5.58.